The number of aliphatic hydroxyl groups excluding tert-OH is 2. The van der Waals surface area contributed by atoms with Crippen LogP contribution in [0, 0.1) is 0 Å². The largest absolute Gasteiger partial charge is 0.490 e. The van der Waals surface area contributed by atoms with Crippen molar-refractivity contribution in [3.05, 3.63) is 22.7 Å². The summed E-state index contributed by atoms with van der Waals surface area (Å²) in [7, 11) is 0. The number of ether oxygens (including phenoxy) is 2. The third kappa shape index (κ3) is 6.91. The lowest BCUT2D eigenvalue weighted by Crippen LogP contribution is -2.24. The molecule has 1 aromatic carbocycles. The van der Waals surface area contributed by atoms with Crippen molar-refractivity contribution < 1.29 is 19.7 Å². The van der Waals surface area contributed by atoms with E-state index in [2.05, 4.69) is 25.7 Å². The van der Waals surface area contributed by atoms with Gasteiger partial charge in [-0.1, -0.05) is 15.9 Å². The lowest BCUT2D eigenvalue weighted by molar-refractivity contribution is 0.171. The molecule has 0 bridgehead atoms. The van der Waals surface area contributed by atoms with E-state index in [1.165, 1.54) is 0 Å². The van der Waals surface area contributed by atoms with Crippen molar-refractivity contribution in [2.75, 3.05) is 52.5 Å². The van der Waals surface area contributed by atoms with Gasteiger partial charge in [-0.3, -0.25) is 0 Å². The van der Waals surface area contributed by atoms with Crippen LogP contribution in [0.3, 0.4) is 0 Å². The van der Waals surface area contributed by atoms with E-state index in [4.69, 9.17) is 9.47 Å². The zero-order valence-corrected chi connectivity index (χ0v) is 17.4. The maximum atomic E-state index is 9.58. The average molecular weight is 443 g/mol. The Kier molecular flexibility index (Phi) is 8.21. The summed E-state index contributed by atoms with van der Waals surface area (Å²) in [6, 6.07) is 5.85. The molecule has 3 rings (SSSR count). The molecule has 2 fully saturated rings. The highest BCUT2D eigenvalue weighted by Crippen LogP contribution is 2.31. The summed E-state index contributed by atoms with van der Waals surface area (Å²) in [6.07, 6.45) is 3.28. The second-order valence-corrected chi connectivity index (χ2v) is 8.40. The van der Waals surface area contributed by atoms with Gasteiger partial charge in [0.15, 0.2) is 11.5 Å². The van der Waals surface area contributed by atoms with E-state index in [0.29, 0.717) is 13.2 Å². The molecule has 6 nitrogen and oxygen atoms in total. The number of aliphatic hydroxyl groups is 2. The van der Waals surface area contributed by atoms with Gasteiger partial charge in [0.2, 0.25) is 0 Å². The number of hydrogen-bond donors (Lipinski definition) is 2. The summed E-state index contributed by atoms with van der Waals surface area (Å²) >= 11 is 3.50. The standard InChI is InChI=1S/C20H31BrN2O4/c21-16-3-4-19(26-11-1-7-22-9-5-17(24)14-22)20(13-16)27-12-2-8-23-10-6-18(25)15-23/h3-4,13,17-18,24-25H,1-2,5-12,14-15H2/t17-,18-/m1/s1. The molecule has 7 heteroatoms. The maximum absolute atomic E-state index is 9.58. The predicted molar refractivity (Wildman–Crippen MR) is 108 cm³/mol. The van der Waals surface area contributed by atoms with E-state index in [9.17, 15) is 10.2 Å². The second-order valence-electron chi connectivity index (χ2n) is 7.48. The van der Waals surface area contributed by atoms with Crippen molar-refractivity contribution in [2.24, 2.45) is 0 Å². The van der Waals surface area contributed by atoms with Crippen LogP contribution in [0.4, 0.5) is 0 Å². The van der Waals surface area contributed by atoms with Crippen LogP contribution in [0.15, 0.2) is 22.7 Å². The number of rotatable bonds is 10. The molecule has 0 amide bonds. The van der Waals surface area contributed by atoms with Crippen LogP contribution in [0.5, 0.6) is 11.5 Å². The molecule has 2 heterocycles. The van der Waals surface area contributed by atoms with E-state index in [-0.39, 0.29) is 12.2 Å². The fourth-order valence-corrected chi connectivity index (χ4v) is 4.03. The van der Waals surface area contributed by atoms with E-state index < -0.39 is 0 Å². The molecule has 2 N–H and O–H groups in total. The third-order valence-electron chi connectivity index (χ3n) is 5.15. The first-order valence-electron chi connectivity index (χ1n) is 9.96. The van der Waals surface area contributed by atoms with Gasteiger partial charge in [0.1, 0.15) is 0 Å². The van der Waals surface area contributed by atoms with Gasteiger partial charge in [-0.05, 0) is 43.9 Å². The van der Waals surface area contributed by atoms with Crippen molar-refractivity contribution in [3.8, 4) is 11.5 Å². The number of nitrogens with zero attached hydrogens (tertiary/aromatic N) is 2. The van der Waals surface area contributed by atoms with Gasteiger partial charge >= 0.3 is 0 Å². The number of hydrogen-bond acceptors (Lipinski definition) is 6. The Labute approximate surface area is 170 Å². The van der Waals surface area contributed by atoms with Gasteiger partial charge in [-0.2, -0.15) is 0 Å². The van der Waals surface area contributed by atoms with Gasteiger partial charge in [0.25, 0.3) is 0 Å². The highest BCUT2D eigenvalue weighted by molar-refractivity contribution is 9.10. The van der Waals surface area contributed by atoms with Crippen molar-refractivity contribution >= 4 is 15.9 Å². The molecule has 152 valence electrons. The molecule has 1 aromatic rings. The zero-order chi connectivity index (χ0) is 19.1. The zero-order valence-electron chi connectivity index (χ0n) is 15.9. The van der Waals surface area contributed by atoms with Crippen LogP contribution in [-0.4, -0.2) is 84.7 Å². The quantitative estimate of drug-likeness (QED) is 0.541. The van der Waals surface area contributed by atoms with Crippen molar-refractivity contribution in [2.45, 2.75) is 37.9 Å². The molecule has 2 aliphatic rings. The van der Waals surface area contributed by atoms with Crippen LogP contribution in [0.1, 0.15) is 25.7 Å². The van der Waals surface area contributed by atoms with Crippen LogP contribution in [-0.2, 0) is 0 Å². The minimum atomic E-state index is -0.167. The Morgan fingerprint density at radius 3 is 1.96 bits per heavy atom. The first kappa shape index (κ1) is 20.9. The van der Waals surface area contributed by atoms with Crippen LogP contribution >= 0.6 is 15.9 Å². The topological polar surface area (TPSA) is 65.4 Å². The molecule has 2 atom stereocenters. The lowest BCUT2D eigenvalue weighted by atomic mass is 10.3. The Balaban J connectivity index is 1.38. The highest BCUT2D eigenvalue weighted by atomic mass is 79.9. The first-order valence-corrected chi connectivity index (χ1v) is 10.8. The molecule has 0 saturated carbocycles. The van der Waals surface area contributed by atoms with Gasteiger partial charge in [0.05, 0.1) is 25.4 Å². The first-order chi connectivity index (χ1) is 13.1. The number of halogens is 1. The summed E-state index contributed by atoms with van der Waals surface area (Å²) in [6.45, 7) is 6.66. The van der Waals surface area contributed by atoms with E-state index in [1.807, 2.05) is 18.2 Å². The molecule has 0 aliphatic carbocycles. The monoisotopic (exact) mass is 442 g/mol. The molecule has 0 aromatic heterocycles. The summed E-state index contributed by atoms with van der Waals surface area (Å²) < 4.78 is 12.9. The van der Waals surface area contributed by atoms with E-state index in [0.717, 1.165) is 80.9 Å². The summed E-state index contributed by atoms with van der Waals surface area (Å²) in [5.41, 5.74) is 0. The Hall–Kier alpha value is -0.860. The smallest absolute Gasteiger partial charge is 0.162 e. The molecule has 0 radical (unpaired) electrons. The minimum Gasteiger partial charge on any atom is -0.490 e. The number of β-amino-alcohol motifs (C(OH)–C–C–N with tert-alkyl or cyclic N) is 2. The van der Waals surface area contributed by atoms with Gasteiger partial charge in [-0.15, -0.1) is 0 Å². The van der Waals surface area contributed by atoms with Crippen molar-refractivity contribution in [3.63, 3.8) is 0 Å². The molecular formula is C20H31BrN2O4. The lowest BCUT2D eigenvalue weighted by Gasteiger charge is -2.17. The summed E-state index contributed by atoms with van der Waals surface area (Å²) in [4.78, 5) is 4.56. The van der Waals surface area contributed by atoms with E-state index >= 15 is 0 Å². The molecule has 2 aliphatic heterocycles. The molecule has 0 spiro atoms. The molecular weight excluding hydrogens is 412 g/mol. The van der Waals surface area contributed by atoms with E-state index in [1.54, 1.807) is 0 Å². The number of benzene rings is 1. The Morgan fingerprint density at radius 1 is 0.889 bits per heavy atom. The fraction of sp³-hybridized carbons (Fsp3) is 0.700. The highest BCUT2D eigenvalue weighted by Gasteiger charge is 2.20. The van der Waals surface area contributed by atoms with Crippen LogP contribution in [0.2, 0.25) is 0 Å². The Bertz CT molecular complexity index is 589. The normalized spacial score (nSPS) is 23.8. The Morgan fingerprint density at radius 2 is 1.44 bits per heavy atom. The molecule has 27 heavy (non-hydrogen) atoms. The van der Waals surface area contributed by atoms with Gasteiger partial charge in [0, 0.05) is 43.7 Å². The summed E-state index contributed by atoms with van der Waals surface area (Å²) in [5, 5.41) is 19.1. The fourth-order valence-electron chi connectivity index (χ4n) is 3.69. The molecule has 0 unspecified atom stereocenters. The van der Waals surface area contributed by atoms with Gasteiger partial charge < -0.3 is 29.5 Å². The van der Waals surface area contributed by atoms with Crippen LogP contribution in [0.25, 0.3) is 0 Å². The predicted octanol–water partition coefficient (Wildman–Crippen LogP) is 2.12. The average Bonchev–Trinajstić information content (AvgIpc) is 3.25. The maximum Gasteiger partial charge on any atom is 0.162 e. The molecule has 2 saturated heterocycles. The SMILES string of the molecule is O[C@@H]1CCN(CCCOc2ccc(Br)cc2OCCCN2CC[C@@H](O)C2)C1. The summed E-state index contributed by atoms with van der Waals surface area (Å²) in [5.74, 6) is 1.54. The van der Waals surface area contributed by atoms with Crippen LogP contribution < -0.4 is 9.47 Å². The third-order valence-corrected chi connectivity index (χ3v) is 5.65. The number of likely N-dealkylation sites (tertiary alicyclic amines) is 2. The minimum absolute atomic E-state index is 0.166. The van der Waals surface area contributed by atoms with Crippen molar-refractivity contribution in [1.82, 2.24) is 9.80 Å². The van der Waals surface area contributed by atoms with Gasteiger partial charge in [-0.25, -0.2) is 0 Å². The van der Waals surface area contributed by atoms with Crippen molar-refractivity contribution in [1.29, 1.82) is 0 Å². The second kappa shape index (κ2) is 10.6.